The molecule has 1 rings (SSSR count). The number of methoxy groups -OCH3 is 1. The highest BCUT2D eigenvalue weighted by Gasteiger charge is 2.71. The molecule has 6 nitrogen and oxygen atoms in total. The van der Waals surface area contributed by atoms with Gasteiger partial charge in [0.25, 0.3) is 0 Å². The van der Waals surface area contributed by atoms with Crippen molar-refractivity contribution in [1.29, 1.82) is 0 Å². The van der Waals surface area contributed by atoms with E-state index in [9.17, 15) is 35.9 Å². The van der Waals surface area contributed by atoms with Crippen molar-refractivity contribution in [3.8, 4) is 0 Å². The van der Waals surface area contributed by atoms with Gasteiger partial charge < -0.3 is 20.5 Å². The zero-order chi connectivity index (χ0) is 20.3. The predicted octanol–water partition coefficient (Wildman–Crippen LogP) is 2.93. The molecular weight excluding hydrogens is 374 g/mol. The number of ether oxygens (including phenoxy) is 1. The van der Waals surface area contributed by atoms with Crippen molar-refractivity contribution < 1.29 is 45.8 Å². The van der Waals surface area contributed by atoms with Crippen LogP contribution in [-0.2, 0) is 10.7 Å². The molecule has 0 aliphatic carbocycles. The molecule has 0 radical (unpaired) electrons. The summed E-state index contributed by atoms with van der Waals surface area (Å²) in [7, 11) is 0.851. The first-order chi connectivity index (χ1) is 11.8. The maximum atomic E-state index is 13.9. The summed E-state index contributed by atoms with van der Waals surface area (Å²) in [5, 5.41) is 13.0. The fourth-order valence-corrected chi connectivity index (χ4v) is 1.82. The van der Waals surface area contributed by atoms with Gasteiger partial charge in [-0.05, 0) is 19.1 Å². The lowest BCUT2D eigenvalue weighted by Gasteiger charge is -2.30. The van der Waals surface area contributed by atoms with E-state index in [-0.39, 0.29) is 18.3 Å². The van der Waals surface area contributed by atoms with Crippen molar-refractivity contribution in [2.75, 3.05) is 19.0 Å². The lowest BCUT2D eigenvalue weighted by Crippen LogP contribution is -2.53. The molecule has 146 valence electrons. The average molecular weight is 388 g/mol. The van der Waals surface area contributed by atoms with Gasteiger partial charge >= 0.3 is 30.0 Å². The van der Waals surface area contributed by atoms with Crippen molar-refractivity contribution >= 4 is 17.7 Å². The first-order valence-electron chi connectivity index (χ1n) is 6.93. The number of aliphatic hydroxyl groups is 1. The van der Waals surface area contributed by atoms with E-state index in [1.165, 1.54) is 0 Å². The van der Waals surface area contributed by atoms with E-state index in [1.807, 2.05) is 0 Å². The zero-order valence-electron chi connectivity index (χ0n) is 13.4. The van der Waals surface area contributed by atoms with Crippen LogP contribution in [0.25, 0.3) is 0 Å². The van der Waals surface area contributed by atoms with Crippen molar-refractivity contribution in [2.24, 2.45) is 0 Å². The van der Waals surface area contributed by atoms with E-state index in [1.54, 1.807) is 6.92 Å². The summed E-state index contributed by atoms with van der Waals surface area (Å²) in [6.07, 6.45) is -6.31. The summed E-state index contributed by atoms with van der Waals surface area (Å²) in [5.74, 6) is -12.6. The molecule has 1 aromatic rings. The minimum absolute atomic E-state index is 0.177. The Kier molecular flexibility index (Phi) is 6.13. The molecule has 26 heavy (non-hydrogen) atoms. The zero-order valence-corrected chi connectivity index (χ0v) is 13.4. The molecule has 3 N–H and O–H groups in total. The lowest BCUT2D eigenvalue weighted by molar-refractivity contribution is -0.390. The third-order valence-electron chi connectivity index (χ3n) is 3.16. The number of anilines is 1. The number of rotatable bonds is 5. The number of carbonyl (C=O) groups is 2. The molecule has 1 aromatic carbocycles. The molecule has 0 saturated carbocycles. The normalized spacial score (nSPS) is 14.3. The Balaban J connectivity index is 3.43. The summed E-state index contributed by atoms with van der Waals surface area (Å²) in [6, 6.07) is 0.319. The van der Waals surface area contributed by atoms with Gasteiger partial charge in [0.05, 0.1) is 18.4 Å². The number of nitrogens with one attached hydrogen (secondary N) is 2. The van der Waals surface area contributed by atoms with Crippen LogP contribution < -0.4 is 10.6 Å². The van der Waals surface area contributed by atoms with Gasteiger partial charge in [0.2, 0.25) is 0 Å². The van der Waals surface area contributed by atoms with Crippen molar-refractivity contribution in [3.63, 3.8) is 0 Å². The Labute approximate surface area is 143 Å². The van der Waals surface area contributed by atoms with Crippen LogP contribution in [0.4, 0.5) is 36.8 Å². The number of benzene rings is 1. The van der Waals surface area contributed by atoms with Crippen LogP contribution in [-0.4, -0.2) is 42.8 Å². The molecule has 0 bridgehead atoms. The summed E-state index contributed by atoms with van der Waals surface area (Å²) in [5.41, 5.74) is -2.80. The Hall–Kier alpha value is -2.50. The number of hydrogen-bond donors (Lipinski definition) is 3. The Morgan fingerprint density at radius 3 is 2.19 bits per heavy atom. The number of hydrogen-bond acceptors (Lipinski definition) is 4. The van der Waals surface area contributed by atoms with E-state index in [4.69, 9.17) is 5.11 Å². The molecule has 12 heteroatoms. The summed E-state index contributed by atoms with van der Waals surface area (Å²) >= 11 is 0. The maximum absolute atomic E-state index is 13.9. The van der Waals surface area contributed by atoms with Crippen molar-refractivity contribution in [3.05, 3.63) is 29.3 Å². The Morgan fingerprint density at radius 1 is 1.15 bits per heavy atom. The highest BCUT2D eigenvalue weighted by molar-refractivity contribution is 6.01. The number of halogens is 6. The Bertz CT molecular complexity index is 691. The van der Waals surface area contributed by atoms with Gasteiger partial charge in [-0.2, -0.15) is 26.3 Å². The first-order valence-corrected chi connectivity index (χ1v) is 6.93. The molecule has 0 aromatic heterocycles. The molecule has 0 heterocycles. The maximum Gasteiger partial charge on any atom is 0.455 e. The first kappa shape index (κ1) is 21.5. The van der Waals surface area contributed by atoms with Crippen LogP contribution in [0, 0.1) is 0 Å². The molecule has 0 aliphatic rings. The van der Waals surface area contributed by atoms with Crippen LogP contribution in [0.5, 0.6) is 0 Å². The van der Waals surface area contributed by atoms with Gasteiger partial charge in [0.1, 0.15) is 0 Å². The molecule has 0 fully saturated rings. The predicted molar refractivity (Wildman–Crippen MR) is 76.5 cm³/mol. The van der Waals surface area contributed by atoms with Crippen LogP contribution in [0.3, 0.4) is 0 Å². The van der Waals surface area contributed by atoms with E-state index in [2.05, 4.69) is 15.4 Å². The third kappa shape index (κ3) is 4.00. The minimum atomic E-state index is -6.31. The van der Waals surface area contributed by atoms with E-state index in [0.717, 1.165) is 7.11 Å². The number of esters is 1. The van der Waals surface area contributed by atoms with Crippen LogP contribution >= 0.6 is 0 Å². The fraction of sp³-hybridized carbons (Fsp3) is 0.429. The largest absolute Gasteiger partial charge is 0.465 e. The van der Waals surface area contributed by atoms with Gasteiger partial charge in [0.15, 0.2) is 0 Å². The quantitative estimate of drug-likeness (QED) is 0.535. The van der Waals surface area contributed by atoms with Crippen LogP contribution in [0.1, 0.15) is 22.8 Å². The van der Waals surface area contributed by atoms with E-state index in [0.29, 0.717) is 12.1 Å². The molecule has 0 saturated heterocycles. The molecular formula is C14H14F6N2O4. The topological polar surface area (TPSA) is 87.7 Å². The second kappa shape index (κ2) is 7.40. The fourth-order valence-electron chi connectivity index (χ4n) is 1.82. The number of amides is 2. The van der Waals surface area contributed by atoms with Gasteiger partial charge in [-0.15, -0.1) is 0 Å². The highest BCUT2D eigenvalue weighted by Crippen LogP contribution is 2.49. The van der Waals surface area contributed by atoms with Crippen molar-refractivity contribution in [2.45, 2.75) is 24.9 Å². The van der Waals surface area contributed by atoms with Gasteiger partial charge in [0, 0.05) is 12.1 Å². The number of alkyl halides is 6. The molecule has 1 atom stereocenters. The molecule has 0 spiro atoms. The summed E-state index contributed by atoms with van der Waals surface area (Å²) < 4.78 is 82.7. The van der Waals surface area contributed by atoms with E-state index >= 15 is 0 Å². The standard InChI is InChI=1S/C14H14F6N2O4/c1-3-21-11(24)22-9-5-4-7(6-8(9)10(23)26-2)12(15,16)13(17,25)14(18,19)20/h4-6,25H,3H2,1-2H3,(H2,21,22,24). The highest BCUT2D eigenvalue weighted by atomic mass is 19.4. The SMILES string of the molecule is CCNC(=O)Nc1ccc(C(F)(F)C(O)(F)C(F)(F)F)cc1C(=O)OC. The Morgan fingerprint density at radius 2 is 1.73 bits per heavy atom. The monoisotopic (exact) mass is 388 g/mol. The second-order valence-electron chi connectivity index (χ2n) is 4.93. The van der Waals surface area contributed by atoms with Crippen LogP contribution in [0.2, 0.25) is 0 Å². The number of carbonyl (C=O) groups excluding carboxylic acids is 2. The smallest absolute Gasteiger partial charge is 0.455 e. The minimum Gasteiger partial charge on any atom is -0.465 e. The van der Waals surface area contributed by atoms with E-state index < -0.39 is 41.1 Å². The van der Waals surface area contributed by atoms with Gasteiger partial charge in [-0.3, -0.25) is 0 Å². The third-order valence-corrected chi connectivity index (χ3v) is 3.16. The summed E-state index contributed by atoms with van der Waals surface area (Å²) in [4.78, 5) is 23.2. The van der Waals surface area contributed by atoms with Gasteiger partial charge in [-0.1, -0.05) is 6.07 Å². The molecule has 1 unspecified atom stereocenters. The number of urea groups is 1. The average Bonchev–Trinajstić information content (AvgIpc) is 2.53. The van der Waals surface area contributed by atoms with Crippen molar-refractivity contribution in [1.82, 2.24) is 5.32 Å². The molecule has 0 aliphatic heterocycles. The van der Waals surface area contributed by atoms with Crippen LogP contribution in [0.15, 0.2) is 18.2 Å². The molecule has 2 amide bonds. The van der Waals surface area contributed by atoms with Gasteiger partial charge in [-0.25, -0.2) is 9.59 Å². The summed E-state index contributed by atoms with van der Waals surface area (Å²) in [6.45, 7) is 1.74. The lowest BCUT2D eigenvalue weighted by atomic mass is 9.97. The second-order valence-corrected chi connectivity index (χ2v) is 4.93.